The molecule has 5 nitrogen and oxygen atoms in total. The number of carboxylic acid groups (broad SMARTS) is 1. The van der Waals surface area contributed by atoms with Gasteiger partial charge < -0.3 is 15.0 Å². The number of nitrogens with one attached hydrogen (secondary N) is 1. The second-order valence-electron chi connectivity index (χ2n) is 6.95. The molecule has 1 aromatic heterocycles. The maximum atomic E-state index is 13.0. The fourth-order valence-electron chi connectivity index (χ4n) is 3.74. The molecule has 0 unspecified atom stereocenters. The maximum absolute atomic E-state index is 13.0. The van der Waals surface area contributed by atoms with Crippen molar-refractivity contribution in [2.24, 2.45) is 0 Å². The van der Waals surface area contributed by atoms with Gasteiger partial charge in [-0.2, -0.15) is 0 Å². The van der Waals surface area contributed by atoms with Crippen LogP contribution in [0.4, 0.5) is 5.69 Å². The summed E-state index contributed by atoms with van der Waals surface area (Å²) in [4.78, 5) is 24.7. The fourth-order valence-corrected chi connectivity index (χ4v) is 4.04. The Kier molecular flexibility index (Phi) is 5.35. The molecular weight excluding hydrogens is 411 g/mol. The predicted octanol–water partition coefficient (Wildman–Crippen LogP) is 5.75. The van der Waals surface area contributed by atoms with E-state index in [9.17, 15) is 14.7 Å². The summed E-state index contributed by atoms with van der Waals surface area (Å²) < 4.78 is 2.04. The molecule has 0 spiro atoms. The zero-order valence-corrected chi connectivity index (χ0v) is 16.9. The molecule has 2 heterocycles. The summed E-state index contributed by atoms with van der Waals surface area (Å²) in [5.41, 5.74) is 3.47. The lowest BCUT2D eigenvalue weighted by molar-refractivity contribution is 0.0697. The first-order valence-corrected chi connectivity index (χ1v) is 10.0. The third kappa shape index (κ3) is 3.88. The van der Waals surface area contributed by atoms with Crippen LogP contribution in [0.1, 0.15) is 39.3 Å². The van der Waals surface area contributed by atoms with Crippen LogP contribution in [-0.4, -0.2) is 21.6 Å². The summed E-state index contributed by atoms with van der Waals surface area (Å²) in [6.07, 6.45) is 2.70. The van der Waals surface area contributed by atoms with Crippen molar-refractivity contribution in [3.8, 4) is 11.3 Å². The van der Waals surface area contributed by atoms with Crippen molar-refractivity contribution in [1.82, 2.24) is 4.57 Å². The van der Waals surface area contributed by atoms with Gasteiger partial charge in [0.05, 0.1) is 11.1 Å². The third-order valence-electron chi connectivity index (χ3n) is 5.09. The molecule has 0 saturated carbocycles. The number of aromatic nitrogens is 1. The van der Waals surface area contributed by atoms with Gasteiger partial charge in [0.1, 0.15) is 0 Å². The number of halogens is 2. The monoisotopic (exact) mass is 428 g/mol. The number of carbonyl (C=O) groups is 2. The average Bonchev–Trinajstić information content (AvgIpc) is 3.09. The first-order valence-electron chi connectivity index (χ1n) is 9.26. The first kappa shape index (κ1) is 19.6. The summed E-state index contributed by atoms with van der Waals surface area (Å²) >= 11 is 12.1. The van der Waals surface area contributed by atoms with Gasteiger partial charge in [-0.05, 0) is 67.8 Å². The van der Waals surface area contributed by atoms with E-state index in [1.54, 1.807) is 42.5 Å². The fraction of sp³-hybridized carbons (Fsp3) is 0.182. The van der Waals surface area contributed by atoms with Gasteiger partial charge in [0.15, 0.2) is 0 Å². The van der Waals surface area contributed by atoms with Crippen LogP contribution < -0.4 is 5.32 Å². The van der Waals surface area contributed by atoms with Crippen LogP contribution in [-0.2, 0) is 13.0 Å². The van der Waals surface area contributed by atoms with Crippen molar-refractivity contribution in [2.45, 2.75) is 25.8 Å². The Morgan fingerprint density at radius 1 is 0.931 bits per heavy atom. The highest BCUT2D eigenvalue weighted by atomic mass is 35.5. The van der Waals surface area contributed by atoms with Gasteiger partial charge in [-0.1, -0.05) is 23.2 Å². The Balaban J connectivity index is 1.79. The third-order valence-corrected chi connectivity index (χ3v) is 5.58. The van der Waals surface area contributed by atoms with Crippen molar-refractivity contribution in [3.63, 3.8) is 0 Å². The smallest absolute Gasteiger partial charge is 0.336 e. The van der Waals surface area contributed by atoms with Crippen molar-refractivity contribution in [2.75, 3.05) is 5.32 Å². The largest absolute Gasteiger partial charge is 0.478 e. The number of rotatable bonds is 4. The number of fused-ring (bicyclic) bond motifs is 1. The molecule has 0 fully saturated rings. The van der Waals surface area contributed by atoms with Crippen LogP contribution in [0.3, 0.4) is 0 Å². The molecule has 3 aromatic rings. The quantitative estimate of drug-likeness (QED) is 0.555. The molecule has 1 amide bonds. The Hall–Kier alpha value is -2.76. The normalized spacial score (nSPS) is 13.0. The van der Waals surface area contributed by atoms with Gasteiger partial charge in [-0.15, -0.1) is 0 Å². The Bertz CT molecular complexity index is 1100. The molecule has 0 atom stereocenters. The van der Waals surface area contributed by atoms with Crippen LogP contribution in [0.25, 0.3) is 11.3 Å². The van der Waals surface area contributed by atoms with Crippen LogP contribution in [0.2, 0.25) is 10.0 Å². The van der Waals surface area contributed by atoms with Crippen LogP contribution in [0.15, 0.2) is 48.5 Å². The molecule has 1 aliphatic rings. The van der Waals surface area contributed by atoms with Crippen molar-refractivity contribution >= 4 is 40.8 Å². The number of hydrogen-bond donors (Lipinski definition) is 2. The molecule has 1 aliphatic heterocycles. The number of hydrogen-bond acceptors (Lipinski definition) is 2. The van der Waals surface area contributed by atoms with E-state index in [4.69, 9.17) is 23.2 Å². The number of aromatic carboxylic acids is 1. The van der Waals surface area contributed by atoms with E-state index in [1.165, 1.54) is 6.07 Å². The second kappa shape index (κ2) is 7.93. The van der Waals surface area contributed by atoms with E-state index in [0.29, 0.717) is 32.6 Å². The minimum atomic E-state index is -1.03. The Labute approximate surface area is 177 Å². The number of benzene rings is 2. The first-order chi connectivity index (χ1) is 13.9. The van der Waals surface area contributed by atoms with E-state index in [1.807, 2.05) is 4.57 Å². The summed E-state index contributed by atoms with van der Waals surface area (Å²) in [6.45, 7) is 0.727. The SMILES string of the molecule is O=C(O)c1ccc(Cl)cc1-c1cc(C(=O)Nc2ccc(Cl)cc2)c2n1CCCC2. The number of anilines is 1. The Morgan fingerprint density at radius 2 is 1.66 bits per heavy atom. The highest BCUT2D eigenvalue weighted by molar-refractivity contribution is 6.31. The highest BCUT2D eigenvalue weighted by Crippen LogP contribution is 2.34. The molecular formula is C22H18Cl2N2O3. The molecule has 29 heavy (non-hydrogen) atoms. The number of nitrogens with zero attached hydrogens (tertiary/aromatic N) is 1. The number of amides is 1. The summed E-state index contributed by atoms with van der Waals surface area (Å²) in [5.74, 6) is -1.27. The van der Waals surface area contributed by atoms with Crippen LogP contribution >= 0.6 is 23.2 Å². The van der Waals surface area contributed by atoms with Gasteiger partial charge in [-0.3, -0.25) is 4.79 Å². The molecule has 2 aromatic carbocycles. The van der Waals surface area contributed by atoms with E-state index in [2.05, 4.69) is 5.32 Å². The molecule has 0 radical (unpaired) electrons. The number of carboxylic acids is 1. The van der Waals surface area contributed by atoms with Crippen LogP contribution in [0.5, 0.6) is 0 Å². The van der Waals surface area contributed by atoms with Crippen LogP contribution in [0, 0.1) is 0 Å². The standard InChI is InChI=1S/C22H18Cl2N2O3/c23-13-4-7-15(8-5-13)25-21(27)18-12-20(26-10-2-1-3-19(18)26)17-11-14(24)6-9-16(17)22(28)29/h4-9,11-12H,1-3,10H2,(H,25,27)(H,28,29). The van der Waals surface area contributed by atoms with Crippen molar-refractivity contribution in [1.29, 1.82) is 0 Å². The van der Waals surface area contributed by atoms with Gasteiger partial charge in [0.2, 0.25) is 0 Å². The minimum absolute atomic E-state index is 0.157. The maximum Gasteiger partial charge on any atom is 0.336 e. The van der Waals surface area contributed by atoms with E-state index < -0.39 is 5.97 Å². The molecule has 0 aliphatic carbocycles. The number of carbonyl (C=O) groups excluding carboxylic acids is 1. The van der Waals surface area contributed by atoms with Crippen molar-refractivity contribution < 1.29 is 14.7 Å². The highest BCUT2D eigenvalue weighted by Gasteiger charge is 2.25. The summed E-state index contributed by atoms with van der Waals surface area (Å²) in [6, 6.07) is 13.4. The topological polar surface area (TPSA) is 71.3 Å². The average molecular weight is 429 g/mol. The molecule has 2 N–H and O–H groups in total. The predicted molar refractivity (Wildman–Crippen MR) is 114 cm³/mol. The van der Waals surface area contributed by atoms with E-state index in [-0.39, 0.29) is 11.5 Å². The van der Waals surface area contributed by atoms with Crippen molar-refractivity contribution in [3.05, 3.63) is 75.4 Å². The summed E-state index contributed by atoms with van der Waals surface area (Å²) in [5, 5.41) is 13.5. The zero-order valence-electron chi connectivity index (χ0n) is 15.4. The lowest BCUT2D eigenvalue weighted by atomic mass is 10.0. The van der Waals surface area contributed by atoms with E-state index >= 15 is 0 Å². The minimum Gasteiger partial charge on any atom is -0.478 e. The Morgan fingerprint density at radius 3 is 2.38 bits per heavy atom. The molecule has 0 bridgehead atoms. The lowest BCUT2D eigenvalue weighted by Crippen LogP contribution is -2.17. The van der Waals surface area contributed by atoms with Gasteiger partial charge >= 0.3 is 5.97 Å². The molecule has 4 rings (SSSR count). The zero-order chi connectivity index (χ0) is 20.5. The molecule has 0 saturated heterocycles. The summed E-state index contributed by atoms with van der Waals surface area (Å²) in [7, 11) is 0. The molecule has 148 valence electrons. The molecule has 7 heteroatoms. The van der Waals surface area contributed by atoms with Gasteiger partial charge in [0, 0.05) is 39.2 Å². The van der Waals surface area contributed by atoms with Gasteiger partial charge in [0.25, 0.3) is 5.91 Å². The van der Waals surface area contributed by atoms with E-state index in [0.717, 1.165) is 31.5 Å². The lowest BCUT2D eigenvalue weighted by Gasteiger charge is -2.20. The van der Waals surface area contributed by atoms with Gasteiger partial charge in [-0.25, -0.2) is 4.79 Å². The second-order valence-corrected chi connectivity index (χ2v) is 7.83.